The van der Waals surface area contributed by atoms with Gasteiger partial charge in [-0.25, -0.2) is 4.90 Å². The van der Waals surface area contributed by atoms with E-state index < -0.39 is 69.2 Å². The van der Waals surface area contributed by atoms with Crippen molar-refractivity contribution in [3.8, 4) is 0 Å². The quantitative estimate of drug-likeness (QED) is 0.220. The Balaban J connectivity index is 1.97. The molecule has 12 heteroatoms. The molecule has 42 heavy (non-hydrogen) atoms. The molecule has 0 saturated carbocycles. The molecule has 0 bridgehead atoms. The molecule has 4 amide bonds. The Kier molecular flexibility index (Phi) is 7.12. The maximum Gasteiger partial charge on any atom is 0.411 e. The van der Waals surface area contributed by atoms with Crippen LogP contribution in [-0.2, 0) is 5.41 Å². The van der Waals surface area contributed by atoms with Gasteiger partial charge in [0.15, 0.2) is 0 Å². The lowest BCUT2D eigenvalue weighted by atomic mass is 9.71. The molecule has 0 N–H and O–H groups in total. The van der Waals surface area contributed by atoms with Crippen molar-refractivity contribution in [2.24, 2.45) is 0 Å². The Hall–Kier alpha value is -4.48. The minimum Gasteiger partial charge on any atom is -0.269 e. The molecule has 0 unspecified atom stereocenters. The number of alkyl halides is 6. The second-order valence-corrected chi connectivity index (χ2v) is 10.6. The van der Waals surface area contributed by atoms with Crippen molar-refractivity contribution in [3.63, 3.8) is 0 Å². The van der Waals surface area contributed by atoms with E-state index in [0.717, 1.165) is 17.0 Å². The second kappa shape index (κ2) is 9.81. The highest BCUT2D eigenvalue weighted by Crippen LogP contribution is 2.57. The maximum absolute atomic E-state index is 14.9. The molecular formula is C30H24F6N2O4. The number of hydrogen-bond acceptors (Lipinski definition) is 4. The van der Waals surface area contributed by atoms with Gasteiger partial charge in [-0.05, 0) is 69.2 Å². The summed E-state index contributed by atoms with van der Waals surface area (Å²) >= 11 is 0. The monoisotopic (exact) mass is 590 g/mol. The molecule has 6 nitrogen and oxygen atoms in total. The number of nitrogens with zero attached hydrogens (tertiary/aromatic N) is 2. The molecule has 0 aliphatic carbocycles. The average molecular weight is 591 g/mol. The predicted octanol–water partition coefficient (Wildman–Crippen LogP) is 6.73. The predicted molar refractivity (Wildman–Crippen MR) is 140 cm³/mol. The third-order valence-electron chi connectivity index (χ3n) is 7.12. The summed E-state index contributed by atoms with van der Waals surface area (Å²) < 4.78 is 89.3. The van der Waals surface area contributed by atoms with Gasteiger partial charge in [-0.3, -0.25) is 24.1 Å². The SMILES string of the molecule is C=C/C=C\C(=C/C)N1C(=O)c2ccc(C(c3ccc4c(c3)C(=O)N(C(C)(C)C)C4=O)(C(F)(F)F)C(F)(F)F)cc2C1=O. The number of hydrogen-bond donors (Lipinski definition) is 0. The van der Waals surface area contributed by atoms with E-state index in [-0.39, 0.29) is 16.8 Å². The summed E-state index contributed by atoms with van der Waals surface area (Å²) in [5.41, 5.74) is -10.6. The Morgan fingerprint density at radius 2 is 1.14 bits per heavy atom. The topological polar surface area (TPSA) is 74.8 Å². The minimum absolute atomic E-state index is 0.0331. The van der Waals surface area contributed by atoms with Crippen molar-refractivity contribution >= 4 is 23.6 Å². The van der Waals surface area contributed by atoms with Gasteiger partial charge >= 0.3 is 12.4 Å². The first-order chi connectivity index (χ1) is 19.3. The summed E-state index contributed by atoms with van der Waals surface area (Å²) in [4.78, 5) is 53.5. The molecule has 0 spiro atoms. The van der Waals surface area contributed by atoms with Crippen LogP contribution in [-0.4, -0.2) is 51.3 Å². The number of benzene rings is 2. The Bertz CT molecular complexity index is 1590. The van der Waals surface area contributed by atoms with Crippen molar-refractivity contribution in [1.29, 1.82) is 0 Å². The van der Waals surface area contributed by atoms with E-state index in [2.05, 4.69) is 6.58 Å². The number of fused-ring (bicyclic) bond motifs is 2. The summed E-state index contributed by atoms with van der Waals surface area (Å²) in [6.07, 6.45) is -6.66. The fourth-order valence-corrected chi connectivity index (χ4v) is 5.24. The number of amides is 4. The molecule has 2 aliphatic rings. The lowest BCUT2D eigenvalue weighted by Gasteiger charge is -2.38. The maximum atomic E-state index is 14.9. The van der Waals surface area contributed by atoms with Crippen LogP contribution in [0.1, 0.15) is 80.3 Å². The Labute approximate surface area is 236 Å². The number of carbonyl (C=O) groups is 4. The number of rotatable bonds is 5. The van der Waals surface area contributed by atoms with Crippen LogP contribution in [0.15, 0.2) is 73.0 Å². The summed E-state index contributed by atoms with van der Waals surface area (Å²) in [5, 5.41) is 0. The molecule has 220 valence electrons. The van der Waals surface area contributed by atoms with Crippen molar-refractivity contribution in [1.82, 2.24) is 9.80 Å². The summed E-state index contributed by atoms with van der Waals surface area (Å²) in [6.45, 7) is 9.43. The highest BCUT2D eigenvalue weighted by atomic mass is 19.4. The highest BCUT2D eigenvalue weighted by molar-refractivity contribution is 6.23. The molecule has 0 aromatic heterocycles. The fourth-order valence-electron chi connectivity index (χ4n) is 5.24. The van der Waals surface area contributed by atoms with Crippen LogP contribution < -0.4 is 0 Å². The van der Waals surface area contributed by atoms with E-state index >= 15 is 0 Å². The molecule has 2 aromatic carbocycles. The van der Waals surface area contributed by atoms with Crippen LogP contribution in [0.3, 0.4) is 0 Å². The van der Waals surface area contributed by atoms with E-state index in [1.165, 1.54) is 52.0 Å². The van der Waals surface area contributed by atoms with Crippen molar-refractivity contribution in [2.75, 3.05) is 0 Å². The van der Waals surface area contributed by atoms with E-state index in [0.29, 0.717) is 29.2 Å². The van der Waals surface area contributed by atoms with Crippen LogP contribution in [0, 0.1) is 0 Å². The second-order valence-electron chi connectivity index (χ2n) is 10.6. The third-order valence-corrected chi connectivity index (χ3v) is 7.12. The van der Waals surface area contributed by atoms with Gasteiger partial charge in [-0.2, -0.15) is 26.3 Å². The lowest BCUT2D eigenvalue weighted by Crippen LogP contribution is -2.55. The minimum atomic E-state index is -6.05. The summed E-state index contributed by atoms with van der Waals surface area (Å²) in [6, 6.07) is 3.32. The van der Waals surface area contributed by atoms with Gasteiger partial charge in [-0.1, -0.05) is 36.9 Å². The number of imide groups is 2. The molecule has 2 heterocycles. The van der Waals surface area contributed by atoms with E-state index in [9.17, 15) is 45.5 Å². The van der Waals surface area contributed by atoms with E-state index in [1.807, 2.05) is 0 Å². The van der Waals surface area contributed by atoms with Gasteiger partial charge in [0.1, 0.15) is 0 Å². The smallest absolute Gasteiger partial charge is 0.269 e. The zero-order valence-corrected chi connectivity index (χ0v) is 22.8. The van der Waals surface area contributed by atoms with Crippen LogP contribution in [0.2, 0.25) is 0 Å². The van der Waals surface area contributed by atoms with Crippen molar-refractivity contribution < 1.29 is 45.5 Å². The van der Waals surface area contributed by atoms with Gasteiger partial charge < -0.3 is 0 Å². The van der Waals surface area contributed by atoms with Crippen LogP contribution >= 0.6 is 0 Å². The largest absolute Gasteiger partial charge is 0.411 e. The molecular weight excluding hydrogens is 566 g/mol. The first-order valence-corrected chi connectivity index (χ1v) is 12.5. The van der Waals surface area contributed by atoms with E-state index in [1.54, 1.807) is 0 Å². The first kappa shape index (κ1) is 30.5. The average Bonchev–Trinajstić information content (AvgIpc) is 3.27. The molecule has 2 aliphatic heterocycles. The molecule has 0 atom stereocenters. The Morgan fingerprint density at radius 3 is 1.57 bits per heavy atom. The molecule has 4 rings (SSSR count). The Morgan fingerprint density at radius 1 is 0.714 bits per heavy atom. The van der Waals surface area contributed by atoms with Crippen LogP contribution in [0.5, 0.6) is 0 Å². The molecule has 0 fully saturated rings. The zero-order chi connectivity index (χ0) is 31.6. The van der Waals surface area contributed by atoms with E-state index in [4.69, 9.17) is 0 Å². The molecule has 0 saturated heterocycles. The van der Waals surface area contributed by atoms with Crippen LogP contribution in [0.4, 0.5) is 26.3 Å². The fraction of sp³-hybridized carbons (Fsp3) is 0.267. The zero-order valence-electron chi connectivity index (χ0n) is 22.8. The van der Waals surface area contributed by atoms with Gasteiger partial charge in [0.05, 0.1) is 22.3 Å². The van der Waals surface area contributed by atoms with Gasteiger partial charge in [-0.15, -0.1) is 0 Å². The van der Waals surface area contributed by atoms with Crippen molar-refractivity contribution in [3.05, 3.63) is 106 Å². The highest BCUT2D eigenvalue weighted by Gasteiger charge is 2.73. The standard InChI is InChI=1S/C30H24F6N2O4/c1-6-8-9-18(7-2)37-23(39)19-12-10-16(14-21(19)24(37)40)28(29(31,32)33,30(34,35)36)17-11-13-20-22(15-17)26(42)38(25(20)41)27(3,4)5/h6-15H,1H2,2-5H3/b9-8-,18-7+. The van der Waals surface area contributed by atoms with Crippen molar-refractivity contribution in [2.45, 2.75) is 51.0 Å². The lowest BCUT2D eigenvalue weighted by molar-refractivity contribution is -0.288. The summed E-state index contributed by atoms with van der Waals surface area (Å²) in [5.74, 6) is -3.95. The van der Waals surface area contributed by atoms with Gasteiger partial charge in [0.25, 0.3) is 23.6 Å². The van der Waals surface area contributed by atoms with Crippen LogP contribution in [0.25, 0.3) is 0 Å². The number of carbonyl (C=O) groups excluding carboxylic acids is 4. The van der Waals surface area contributed by atoms with Gasteiger partial charge in [0.2, 0.25) is 5.41 Å². The van der Waals surface area contributed by atoms with Gasteiger partial charge in [0, 0.05) is 11.2 Å². The third kappa shape index (κ3) is 4.27. The number of halogens is 6. The first-order valence-electron chi connectivity index (χ1n) is 12.5. The summed E-state index contributed by atoms with van der Waals surface area (Å²) in [7, 11) is 0. The normalized spacial score (nSPS) is 16.6. The molecule has 2 aromatic rings. The number of allylic oxidation sites excluding steroid dienone is 4. The molecule has 0 radical (unpaired) electrons.